The normalized spacial score (nSPS) is 37.3. The number of carbonyl (C=O) groups excluding carboxylic acids is 1. The zero-order valence-corrected chi connectivity index (χ0v) is 24.8. The molecule has 0 heterocycles. The Morgan fingerprint density at radius 2 is 1.79 bits per heavy atom. The molecule has 3 fully saturated rings. The van der Waals surface area contributed by atoms with E-state index in [0.29, 0.717) is 10.8 Å². The van der Waals surface area contributed by atoms with Gasteiger partial charge in [0.2, 0.25) is 0 Å². The van der Waals surface area contributed by atoms with Crippen molar-refractivity contribution in [2.24, 2.45) is 46.3 Å². The molecule has 0 spiro atoms. The van der Waals surface area contributed by atoms with E-state index in [-0.39, 0.29) is 12.1 Å². The number of fused-ring (bicyclic) bond motifs is 5. The summed E-state index contributed by atoms with van der Waals surface area (Å²) in [7, 11) is 0. The fourth-order valence-electron chi connectivity index (χ4n) is 9.68. The van der Waals surface area contributed by atoms with E-state index in [1.54, 1.807) is 11.6 Å². The second kappa shape index (κ2) is 11.3. The number of ether oxygens (including phenoxy) is 1. The second-order valence-corrected chi connectivity index (χ2v) is 14.3. The van der Waals surface area contributed by atoms with Gasteiger partial charge in [-0.3, -0.25) is 0 Å². The van der Waals surface area contributed by atoms with Gasteiger partial charge in [0.1, 0.15) is 6.10 Å². The van der Waals surface area contributed by atoms with Crippen molar-refractivity contribution in [1.82, 2.24) is 0 Å². The van der Waals surface area contributed by atoms with Gasteiger partial charge in [-0.2, -0.15) is 0 Å². The highest BCUT2D eigenvalue weighted by Crippen LogP contribution is 2.67. The quantitative estimate of drug-likeness (QED) is 0.195. The number of benzene rings is 1. The molecular formula is C36H52O2. The van der Waals surface area contributed by atoms with E-state index in [1.165, 1.54) is 57.8 Å². The molecule has 3 saturated carbocycles. The fourth-order valence-corrected chi connectivity index (χ4v) is 9.68. The van der Waals surface area contributed by atoms with Crippen LogP contribution in [0.4, 0.5) is 0 Å². The van der Waals surface area contributed by atoms with Gasteiger partial charge in [0, 0.05) is 12.5 Å². The number of allylic oxidation sites excluding steroid dienone is 1. The monoisotopic (exact) mass is 516 g/mol. The Kier molecular flexibility index (Phi) is 8.28. The first kappa shape index (κ1) is 27.7. The summed E-state index contributed by atoms with van der Waals surface area (Å²) in [6.07, 6.45) is 20.3. The van der Waals surface area contributed by atoms with Gasteiger partial charge >= 0.3 is 5.97 Å². The Morgan fingerprint density at radius 3 is 2.55 bits per heavy atom. The molecule has 0 N–H and O–H groups in total. The summed E-state index contributed by atoms with van der Waals surface area (Å²) in [4.78, 5) is 12.6. The van der Waals surface area contributed by atoms with Crippen LogP contribution in [0.15, 0.2) is 48.1 Å². The molecule has 0 aromatic heterocycles. The van der Waals surface area contributed by atoms with Crippen LogP contribution in [0.2, 0.25) is 0 Å². The predicted octanol–water partition coefficient (Wildman–Crippen LogP) is 9.65. The number of hydrogen-bond donors (Lipinski definition) is 0. The molecule has 0 aliphatic heterocycles. The molecule has 2 heteroatoms. The average Bonchev–Trinajstić information content (AvgIpc) is 3.25. The number of esters is 1. The predicted molar refractivity (Wildman–Crippen MR) is 158 cm³/mol. The first-order valence-corrected chi connectivity index (χ1v) is 15.8. The first-order chi connectivity index (χ1) is 18.2. The largest absolute Gasteiger partial charge is 0.459 e. The van der Waals surface area contributed by atoms with E-state index >= 15 is 0 Å². The molecule has 2 nitrogen and oxygen atoms in total. The van der Waals surface area contributed by atoms with Crippen molar-refractivity contribution in [3.05, 3.63) is 53.6 Å². The molecule has 0 unspecified atom stereocenters. The van der Waals surface area contributed by atoms with Gasteiger partial charge < -0.3 is 4.74 Å². The molecule has 0 radical (unpaired) electrons. The fraction of sp³-hybridized carbons (Fsp3) is 0.694. The minimum atomic E-state index is -0.204. The van der Waals surface area contributed by atoms with E-state index in [9.17, 15) is 4.79 Å². The van der Waals surface area contributed by atoms with E-state index in [1.807, 2.05) is 36.4 Å². The van der Waals surface area contributed by atoms with Gasteiger partial charge in [0.25, 0.3) is 0 Å². The summed E-state index contributed by atoms with van der Waals surface area (Å²) in [5, 5.41) is 0. The first-order valence-electron chi connectivity index (χ1n) is 15.8. The maximum atomic E-state index is 12.6. The lowest BCUT2D eigenvalue weighted by molar-refractivity contribution is -0.145. The lowest BCUT2D eigenvalue weighted by Gasteiger charge is -2.58. The highest BCUT2D eigenvalue weighted by Gasteiger charge is 2.59. The number of rotatable bonds is 8. The summed E-state index contributed by atoms with van der Waals surface area (Å²) in [6, 6.07) is 9.99. The standard InChI is InChI=1S/C36H52O2/c1-25(2)10-9-11-26(3)31-17-18-32-30-16-15-28-24-29(38-34(37)19-14-27-12-7-6-8-13-27)20-22-35(28,4)33(30)21-23-36(31,32)5/h6-8,12-15,19,25-26,29-33H,9-11,16-18,20-24H2,1-5H3/b19-14-/t26-,29+,30+,31-,32+,33+,35+,36-/m1/s1. The van der Waals surface area contributed by atoms with Crippen LogP contribution < -0.4 is 0 Å². The van der Waals surface area contributed by atoms with Crippen molar-refractivity contribution in [3.63, 3.8) is 0 Å². The van der Waals surface area contributed by atoms with Gasteiger partial charge in [-0.25, -0.2) is 4.79 Å². The maximum Gasteiger partial charge on any atom is 0.331 e. The minimum absolute atomic E-state index is 0.0233. The Balaban J connectivity index is 1.22. The van der Waals surface area contributed by atoms with Crippen molar-refractivity contribution in [2.75, 3.05) is 0 Å². The Hall–Kier alpha value is -1.83. The van der Waals surface area contributed by atoms with Gasteiger partial charge in [-0.15, -0.1) is 0 Å². The molecule has 8 atom stereocenters. The summed E-state index contributed by atoms with van der Waals surface area (Å²) in [5.41, 5.74) is 3.46. The molecule has 4 aliphatic carbocycles. The molecule has 1 aromatic carbocycles. The summed E-state index contributed by atoms with van der Waals surface area (Å²) in [5.74, 6) is 4.97. The maximum absolute atomic E-state index is 12.6. The van der Waals surface area contributed by atoms with Gasteiger partial charge in [-0.05, 0) is 103 Å². The van der Waals surface area contributed by atoms with Crippen molar-refractivity contribution in [3.8, 4) is 0 Å². The highest BCUT2D eigenvalue weighted by molar-refractivity contribution is 5.87. The molecular weight excluding hydrogens is 464 g/mol. The van der Waals surface area contributed by atoms with E-state index < -0.39 is 0 Å². The number of carbonyl (C=O) groups is 1. The molecule has 1 aromatic rings. The average molecular weight is 517 g/mol. The Morgan fingerprint density at radius 1 is 1.00 bits per heavy atom. The topological polar surface area (TPSA) is 26.3 Å². The SMILES string of the molecule is CC(C)CCC[C@@H](C)[C@H]1CC[C@H]2[C@@H]3CC=C4C[C@@H](OC(=O)/C=C\c5ccccc5)CC[C@]4(C)[C@H]3CC[C@]12C. The third kappa shape index (κ3) is 5.44. The van der Waals surface area contributed by atoms with Crippen LogP contribution in [0.5, 0.6) is 0 Å². The number of hydrogen-bond acceptors (Lipinski definition) is 2. The van der Waals surface area contributed by atoms with Crippen LogP contribution in [0.1, 0.15) is 111 Å². The molecule has 208 valence electrons. The van der Waals surface area contributed by atoms with Crippen LogP contribution in [0, 0.1) is 46.3 Å². The molecule has 0 saturated heterocycles. The van der Waals surface area contributed by atoms with Crippen molar-refractivity contribution in [2.45, 2.75) is 111 Å². The van der Waals surface area contributed by atoms with Gasteiger partial charge in [0.15, 0.2) is 0 Å². The Bertz CT molecular complexity index is 1020. The van der Waals surface area contributed by atoms with Crippen LogP contribution in [0.25, 0.3) is 6.08 Å². The summed E-state index contributed by atoms with van der Waals surface area (Å²) >= 11 is 0. The minimum Gasteiger partial charge on any atom is -0.459 e. The Labute approximate surface area is 232 Å². The summed E-state index contributed by atoms with van der Waals surface area (Å²) in [6.45, 7) is 12.6. The van der Waals surface area contributed by atoms with Crippen molar-refractivity contribution < 1.29 is 9.53 Å². The summed E-state index contributed by atoms with van der Waals surface area (Å²) < 4.78 is 5.95. The van der Waals surface area contributed by atoms with Crippen LogP contribution in [-0.4, -0.2) is 12.1 Å². The third-order valence-electron chi connectivity index (χ3n) is 11.8. The van der Waals surface area contributed by atoms with E-state index in [4.69, 9.17) is 4.74 Å². The van der Waals surface area contributed by atoms with Gasteiger partial charge in [0.05, 0.1) is 0 Å². The molecule has 38 heavy (non-hydrogen) atoms. The van der Waals surface area contributed by atoms with Crippen molar-refractivity contribution in [1.29, 1.82) is 0 Å². The molecule has 0 amide bonds. The van der Waals surface area contributed by atoms with Crippen LogP contribution in [0.3, 0.4) is 0 Å². The second-order valence-electron chi connectivity index (χ2n) is 14.3. The van der Waals surface area contributed by atoms with Crippen molar-refractivity contribution >= 4 is 12.0 Å². The third-order valence-corrected chi connectivity index (χ3v) is 11.8. The smallest absolute Gasteiger partial charge is 0.331 e. The van der Waals surface area contributed by atoms with Gasteiger partial charge in [-0.1, -0.05) is 95.9 Å². The van der Waals surface area contributed by atoms with Crippen LogP contribution in [-0.2, 0) is 9.53 Å². The van der Waals surface area contributed by atoms with Crippen LogP contribution >= 0.6 is 0 Å². The zero-order chi connectivity index (χ0) is 26.9. The lowest BCUT2D eigenvalue weighted by Crippen LogP contribution is -2.51. The van der Waals surface area contributed by atoms with E-state index in [0.717, 1.165) is 53.9 Å². The highest BCUT2D eigenvalue weighted by atomic mass is 16.5. The molecule has 0 bridgehead atoms. The zero-order valence-electron chi connectivity index (χ0n) is 24.8. The molecule has 5 rings (SSSR count). The molecule has 4 aliphatic rings. The van der Waals surface area contributed by atoms with E-state index in [2.05, 4.69) is 40.7 Å². The lowest BCUT2D eigenvalue weighted by atomic mass is 9.47.